The molecule has 0 aliphatic carbocycles. The monoisotopic (exact) mass is 312 g/mol. The van der Waals surface area contributed by atoms with Crippen molar-refractivity contribution in [3.63, 3.8) is 0 Å². The molecule has 1 rings (SSSR count). The fraction of sp³-hybridized carbons (Fsp3) is 0.250. The van der Waals surface area contributed by atoms with Crippen molar-refractivity contribution in [2.75, 3.05) is 0 Å². The fourth-order valence-corrected chi connectivity index (χ4v) is 2.05. The van der Waals surface area contributed by atoms with Crippen molar-refractivity contribution in [3.05, 3.63) is 22.2 Å². The number of rotatable bonds is 3. The van der Waals surface area contributed by atoms with Gasteiger partial charge in [0.1, 0.15) is 5.75 Å². The molecule has 0 spiro atoms. The second kappa shape index (κ2) is 5.49. The quantitative estimate of drug-likeness (QED) is 0.560. The van der Waals surface area contributed by atoms with E-state index >= 15 is 0 Å². The van der Waals surface area contributed by atoms with E-state index in [-0.39, 0.29) is 5.02 Å². The van der Waals surface area contributed by atoms with Crippen molar-refractivity contribution in [2.24, 2.45) is 0 Å². The van der Waals surface area contributed by atoms with E-state index in [0.717, 1.165) is 12.1 Å². The number of ether oxygens (including phenoxy) is 1. The average molecular weight is 313 g/mol. The van der Waals surface area contributed by atoms with Crippen LogP contribution in [0.3, 0.4) is 0 Å². The van der Waals surface area contributed by atoms with E-state index in [4.69, 9.17) is 23.2 Å². The first-order chi connectivity index (χ1) is 7.70. The Kier molecular flexibility index (Phi) is 4.74. The van der Waals surface area contributed by atoms with Crippen LogP contribution in [0.15, 0.2) is 17.0 Å². The van der Waals surface area contributed by atoms with Gasteiger partial charge in [0.05, 0.1) is 14.9 Å². The third kappa shape index (κ3) is 4.40. The molecular weight excluding hydrogens is 310 g/mol. The molecule has 0 N–H and O–H groups in total. The molecule has 0 unspecified atom stereocenters. The second-order valence-corrected chi connectivity index (χ2v) is 4.48. The molecule has 0 aliphatic heterocycles. The normalized spacial score (nSPS) is 12.0. The van der Waals surface area contributed by atoms with Gasteiger partial charge in [0, 0.05) is 0 Å². The van der Waals surface area contributed by atoms with E-state index in [1.165, 1.54) is 0 Å². The molecular formula is C8H3Cl2F5OS. The molecule has 1 aromatic carbocycles. The molecule has 96 valence electrons. The molecule has 17 heavy (non-hydrogen) atoms. The van der Waals surface area contributed by atoms with E-state index in [9.17, 15) is 22.0 Å². The third-order valence-corrected chi connectivity index (χ3v) is 3.20. The lowest BCUT2D eigenvalue weighted by Crippen LogP contribution is -2.06. The zero-order chi connectivity index (χ0) is 13.2. The van der Waals surface area contributed by atoms with Gasteiger partial charge in [-0.3, -0.25) is 0 Å². The molecule has 0 heterocycles. The van der Waals surface area contributed by atoms with Crippen LogP contribution in [0.25, 0.3) is 0 Å². The Balaban J connectivity index is 3.17. The van der Waals surface area contributed by atoms with Crippen LogP contribution in [0.4, 0.5) is 22.0 Å². The Morgan fingerprint density at radius 1 is 1.18 bits per heavy atom. The van der Waals surface area contributed by atoms with Gasteiger partial charge in [-0.2, -0.15) is 22.0 Å². The van der Waals surface area contributed by atoms with E-state index in [2.05, 4.69) is 4.74 Å². The molecule has 0 fully saturated rings. The highest BCUT2D eigenvalue weighted by atomic mass is 35.5. The summed E-state index contributed by atoms with van der Waals surface area (Å²) in [5.74, 6) is -0.670. The first-order valence-corrected chi connectivity index (χ1v) is 5.46. The summed E-state index contributed by atoms with van der Waals surface area (Å²) in [5.41, 5.74) is -4.69. The molecule has 0 atom stereocenters. The minimum Gasteiger partial charge on any atom is -0.434 e. The number of hydrogen-bond acceptors (Lipinski definition) is 2. The van der Waals surface area contributed by atoms with Crippen molar-refractivity contribution in [1.82, 2.24) is 0 Å². The van der Waals surface area contributed by atoms with Gasteiger partial charge in [-0.15, -0.1) is 0 Å². The number of hydrogen-bond donors (Lipinski definition) is 0. The third-order valence-electron chi connectivity index (χ3n) is 1.45. The van der Waals surface area contributed by atoms with Gasteiger partial charge >= 0.3 is 12.1 Å². The lowest BCUT2D eigenvalue weighted by molar-refractivity contribution is -0.0527. The van der Waals surface area contributed by atoms with Crippen LogP contribution in [0.1, 0.15) is 0 Å². The molecule has 0 bridgehead atoms. The first-order valence-electron chi connectivity index (χ1n) is 3.89. The predicted molar refractivity (Wildman–Crippen MR) is 55.0 cm³/mol. The van der Waals surface area contributed by atoms with Crippen LogP contribution >= 0.6 is 35.0 Å². The highest BCUT2D eigenvalue weighted by Gasteiger charge is 2.33. The number of benzene rings is 1. The summed E-state index contributed by atoms with van der Waals surface area (Å²) in [6, 6.07) is 1.97. The Bertz CT molecular complexity index is 410. The van der Waals surface area contributed by atoms with Gasteiger partial charge in [0.25, 0.3) is 0 Å². The first kappa shape index (κ1) is 14.7. The highest BCUT2D eigenvalue weighted by molar-refractivity contribution is 8.00. The van der Waals surface area contributed by atoms with Gasteiger partial charge < -0.3 is 4.74 Å². The molecule has 0 radical (unpaired) electrons. The van der Waals surface area contributed by atoms with Gasteiger partial charge in [-0.1, -0.05) is 23.2 Å². The van der Waals surface area contributed by atoms with Crippen molar-refractivity contribution >= 4 is 35.0 Å². The summed E-state index contributed by atoms with van der Waals surface area (Å²) in [6.45, 7) is -3.25. The van der Waals surface area contributed by atoms with E-state index < -0.39 is 39.5 Å². The minimum absolute atomic E-state index is 0.181. The van der Waals surface area contributed by atoms with Crippen LogP contribution in [0.2, 0.25) is 10.0 Å². The van der Waals surface area contributed by atoms with Crippen LogP contribution in [-0.4, -0.2) is 12.1 Å². The van der Waals surface area contributed by atoms with Crippen LogP contribution in [0, 0.1) is 0 Å². The Morgan fingerprint density at radius 2 is 1.76 bits per heavy atom. The zero-order valence-corrected chi connectivity index (χ0v) is 10.0. The smallest absolute Gasteiger partial charge is 0.434 e. The molecule has 0 aliphatic rings. The summed E-state index contributed by atoms with van der Waals surface area (Å²) in [6.07, 6.45) is 0. The summed E-state index contributed by atoms with van der Waals surface area (Å²) in [4.78, 5) is -0.688. The van der Waals surface area contributed by atoms with Crippen LogP contribution < -0.4 is 4.74 Å². The molecule has 9 heteroatoms. The van der Waals surface area contributed by atoms with Gasteiger partial charge in [0.2, 0.25) is 0 Å². The summed E-state index contributed by atoms with van der Waals surface area (Å²) >= 11 is 10.3. The van der Waals surface area contributed by atoms with Crippen LogP contribution in [-0.2, 0) is 0 Å². The maximum atomic E-state index is 12.2. The number of alkyl halides is 5. The van der Waals surface area contributed by atoms with E-state index in [0.29, 0.717) is 0 Å². The Morgan fingerprint density at radius 3 is 2.24 bits per heavy atom. The largest absolute Gasteiger partial charge is 0.446 e. The van der Waals surface area contributed by atoms with Crippen LogP contribution in [0.5, 0.6) is 5.75 Å². The lowest BCUT2D eigenvalue weighted by atomic mass is 10.3. The standard InChI is InChI=1S/C8H3Cl2F5OS/c9-3-1-2-4(16-7(11)12)6(5(3)10)17-8(13,14)15/h1-2,7H. The van der Waals surface area contributed by atoms with Crippen molar-refractivity contribution in [2.45, 2.75) is 17.0 Å². The van der Waals surface area contributed by atoms with Gasteiger partial charge in [-0.05, 0) is 23.9 Å². The maximum Gasteiger partial charge on any atom is 0.446 e. The summed E-state index contributed by atoms with van der Waals surface area (Å²) in [5, 5.41) is -0.660. The highest BCUT2D eigenvalue weighted by Crippen LogP contribution is 2.47. The molecule has 0 saturated heterocycles. The molecule has 1 nitrogen and oxygen atoms in total. The summed E-state index contributed by atoms with van der Waals surface area (Å²) in [7, 11) is 0. The average Bonchev–Trinajstić information content (AvgIpc) is 2.15. The molecule has 0 amide bonds. The topological polar surface area (TPSA) is 9.23 Å². The van der Waals surface area contributed by atoms with Crippen molar-refractivity contribution < 1.29 is 26.7 Å². The lowest BCUT2D eigenvalue weighted by Gasteiger charge is -2.13. The SMILES string of the molecule is FC(F)Oc1ccc(Cl)c(Cl)c1SC(F)(F)F. The minimum atomic E-state index is -4.69. The maximum absolute atomic E-state index is 12.2. The Labute approximate surface area is 107 Å². The zero-order valence-electron chi connectivity index (χ0n) is 7.69. The molecule has 0 aromatic heterocycles. The number of halogens is 7. The van der Waals surface area contributed by atoms with Gasteiger partial charge in [-0.25, -0.2) is 0 Å². The molecule has 0 saturated carbocycles. The predicted octanol–water partition coefficient (Wildman–Crippen LogP) is 5.21. The van der Waals surface area contributed by atoms with Crippen molar-refractivity contribution in [3.8, 4) is 5.75 Å². The van der Waals surface area contributed by atoms with E-state index in [1.54, 1.807) is 0 Å². The summed E-state index contributed by atoms with van der Waals surface area (Å²) < 4.78 is 64.4. The van der Waals surface area contributed by atoms with E-state index in [1.807, 2.05) is 0 Å². The number of thioether (sulfide) groups is 1. The molecule has 1 aromatic rings. The van der Waals surface area contributed by atoms with Gasteiger partial charge in [0.15, 0.2) is 0 Å². The fourth-order valence-electron chi connectivity index (χ4n) is 0.914. The van der Waals surface area contributed by atoms with Crippen molar-refractivity contribution in [1.29, 1.82) is 0 Å². The Hall–Kier alpha value is -0.400. The second-order valence-electron chi connectivity index (χ2n) is 2.61.